The summed E-state index contributed by atoms with van der Waals surface area (Å²) in [4.78, 5) is 10.8. The van der Waals surface area contributed by atoms with Gasteiger partial charge in [-0.1, -0.05) is 0 Å². The Morgan fingerprint density at radius 2 is 2.11 bits per heavy atom. The lowest BCUT2D eigenvalue weighted by molar-refractivity contribution is 0.0690. The molecular weight excluding hydrogens is 246 g/mol. The highest BCUT2D eigenvalue weighted by atomic mass is 19.1. The highest BCUT2D eigenvalue weighted by molar-refractivity contribution is 5.85. The first-order valence-corrected chi connectivity index (χ1v) is 4.85. The fourth-order valence-corrected chi connectivity index (χ4v) is 1.43. The lowest BCUT2D eigenvalue weighted by Crippen LogP contribution is -2.05. The molecular formula is C11H8F2N2O3. The van der Waals surface area contributed by atoms with E-state index in [9.17, 15) is 13.6 Å². The van der Waals surface area contributed by atoms with Crippen LogP contribution in [0.1, 0.15) is 10.5 Å². The molecule has 0 atom stereocenters. The number of halogens is 2. The number of carboxylic acid groups (broad SMARTS) is 1. The van der Waals surface area contributed by atoms with Gasteiger partial charge in [0.15, 0.2) is 5.69 Å². The third-order valence-electron chi connectivity index (χ3n) is 2.24. The predicted molar refractivity (Wildman–Crippen MR) is 57.0 cm³/mol. The zero-order chi connectivity index (χ0) is 13.3. The summed E-state index contributed by atoms with van der Waals surface area (Å²) in [6, 6.07) is 3.89. The van der Waals surface area contributed by atoms with Gasteiger partial charge in [-0.3, -0.25) is 0 Å². The van der Waals surface area contributed by atoms with Crippen molar-refractivity contribution in [3.8, 4) is 11.6 Å². The van der Waals surface area contributed by atoms with E-state index in [4.69, 9.17) is 9.84 Å². The first kappa shape index (κ1) is 12.0. The molecule has 0 spiro atoms. The van der Waals surface area contributed by atoms with Gasteiger partial charge in [0.05, 0.1) is 7.11 Å². The van der Waals surface area contributed by atoms with E-state index in [0.717, 1.165) is 28.9 Å². The van der Waals surface area contributed by atoms with Gasteiger partial charge >= 0.3 is 5.97 Å². The van der Waals surface area contributed by atoms with Crippen molar-refractivity contribution in [2.24, 2.45) is 0 Å². The van der Waals surface area contributed by atoms with Gasteiger partial charge in [-0.25, -0.2) is 13.6 Å². The fraction of sp³-hybridized carbons (Fsp3) is 0.0909. The predicted octanol–water partition coefficient (Wildman–Crippen LogP) is 1.86. The van der Waals surface area contributed by atoms with Gasteiger partial charge in [-0.15, -0.1) is 0 Å². The first-order chi connectivity index (χ1) is 8.52. The maximum absolute atomic E-state index is 13.6. The van der Waals surface area contributed by atoms with Gasteiger partial charge < -0.3 is 9.84 Å². The van der Waals surface area contributed by atoms with Gasteiger partial charge in [0, 0.05) is 12.1 Å². The Hall–Kier alpha value is -2.44. The Kier molecular flexibility index (Phi) is 2.97. The summed E-state index contributed by atoms with van der Waals surface area (Å²) in [5.74, 6) is -2.70. The van der Waals surface area contributed by atoms with Crippen LogP contribution in [-0.2, 0) is 0 Å². The second-order valence-electron chi connectivity index (χ2n) is 3.38. The number of methoxy groups -OCH3 is 1. The third-order valence-corrected chi connectivity index (χ3v) is 2.24. The number of hydrogen-bond donors (Lipinski definition) is 1. The number of carboxylic acids is 1. The second kappa shape index (κ2) is 4.44. The lowest BCUT2D eigenvalue weighted by Gasteiger charge is -2.06. The summed E-state index contributed by atoms with van der Waals surface area (Å²) in [5, 5.41) is 12.4. The second-order valence-corrected chi connectivity index (χ2v) is 3.38. The molecule has 0 bridgehead atoms. The first-order valence-electron chi connectivity index (χ1n) is 4.85. The van der Waals surface area contributed by atoms with Crippen LogP contribution in [0.25, 0.3) is 5.69 Å². The molecule has 94 valence electrons. The molecule has 18 heavy (non-hydrogen) atoms. The highest BCUT2D eigenvalue weighted by Gasteiger charge is 2.17. The summed E-state index contributed by atoms with van der Waals surface area (Å²) >= 11 is 0. The van der Waals surface area contributed by atoms with E-state index < -0.39 is 17.6 Å². The summed E-state index contributed by atoms with van der Waals surface area (Å²) in [5.41, 5.74) is -0.546. The van der Waals surface area contributed by atoms with Crippen LogP contribution in [0.5, 0.6) is 5.88 Å². The molecule has 2 rings (SSSR count). The van der Waals surface area contributed by atoms with E-state index in [1.807, 2.05) is 0 Å². The molecule has 1 N–H and O–H groups in total. The van der Waals surface area contributed by atoms with E-state index in [2.05, 4.69) is 5.10 Å². The Bertz CT molecular complexity index is 610. The van der Waals surface area contributed by atoms with Crippen LogP contribution in [0.3, 0.4) is 0 Å². The molecule has 5 nitrogen and oxygen atoms in total. The van der Waals surface area contributed by atoms with Gasteiger partial charge in [-0.2, -0.15) is 9.78 Å². The average molecular weight is 254 g/mol. The van der Waals surface area contributed by atoms with Crippen molar-refractivity contribution in [1.82, 2.24) is 9.78 Å². The fourth-order valence-electron chi connectivity index (χ4n) is 1.43. The molecule has 0 saturated carbocycles. The zero-order valence-corrected chi connectivity index (χ0v) is 9.22. The summed E-state index contributed by atoms with van der Waals surface area (Å²) < 4.78 is 32.4. The maximum Gasteiger partial charge on any atom is 0.356 e. The molecule has 1 aromatic heterocycles. The highest BCUT2D eigenvalue weighted by Crippen LogP contribution is 2.22. The Balaban J connectivity index is 2.62. The number of ether oxygens (including phenoxy) is 1. The zero-order valence-electron chi connectivity index (χ0n) is 9.22. The van der Waals surface area contributed by atoms with Crippen LogP contribution < -0.4 is 4.74 Å². The van der Waals surface area contributed by atoms with Crippen molar-refractivity contribution in [3.63, 3.8) is 0 Å². The van der Waals surface area contributed by atoms with Crippen molar-refractivity contribution in [3.05, 3.63) is 41.6 Å². The summed E-state index contributed by atoms with van der Waals surface area (Å²) in [7, 11) is 1.27. The van der Waals surface area contributed by atoms with Crippen molar-refractivity contribution in [2.75, 3.05) is 7.11 Å². The van der Waals surface area contributed by atoms with Gasteiger partial charge in [0.2, 0.25) is 5.88 Å². The van der Waals surface area contributed by atoms with E-state index in [0.29, 0.717) is 0 Å². The maximum atomic E-state index is 13.6. The molecule has 0 aliphatic heterocycles. The standard InChI is InChI=1S/C11H8F2N2O3/c1-18-10-5-8(11(16)17)14-15(10)9-4-6(12)2-3-7(9)13/h2-5H,1H3,(H,16,17). The summed E-state index contributed by atoms with van der Waals surface area (Å²) in [6.07, 6.45) is 0. The largest absolute Gasteiger partial charge is 0.481 e. The van der Waals surface area contributed by atoms with Gasteiger partial charge in [-0.05, 0) is 12.1 Å². The van der Waals surface area contributed by atoms with Crippen molar-refractivity contribution < 1.29 is 23.4 Å². The molecule has 0 aliphatic rings. The van der Waals surface area contributed by atoms with Crippen molar-refractivity contribution >= 4 is 5.97 Å². The minimum absolute atomic E-state index is 0.00287. The number of benzene rings is 1. The van der Waals surface area contributed by atoms with Crippen LogP contribution >= 0.6 is 0 Å². The SMILES string of the molecule is COc1cc(C(=O)O)nn1-c1cc(F)ccc1F. The molecule has 0 radical (unpaired) electrons. The van der Waals surface area contributed by atoms with Crippen molar-refractivity contribution in [2.45, 2.75) is 0 Å². The molecule has 0 saturated heterocycles. The van der Waals surface area contributed by atoms with Crippen LogP contribution in [0.2, 0.25) is 0 Å². The molecule has 0 unspecified atom stereocenters. The molecule has 2 aromatic rings. The Morgan fingerprint density at radius 1 is 1.39 bits per heavy atom. The van der Waals surface area contributed by atoms with Crippen LogP contribution in [0.15, 0.2) is 24.3 Å². The van der Waals surface area contributed by atoms with E-state index >= 15 is 0 Å². The van der Waals surface area contributed by atoms with Crippen molar-refractivity contribution in [1.29, 1.82) is 0 Å². The number of carbonyl (C=O) groups is 1. The molecule has 0 aliphatic carbocycles. The average Bonchev–Trinajstić information content (AvgIpc) is 2.76. The van der Waals surface area contributed by atoms with E-state index in [-0.39, 0.29) is 17.3 Å². The lowest BCUT2D eigenvalue weighted by atomic mass is 10.3. The number of aromatic nitrogens is 2. The molecule has 0 fully saturated rings. The molecule has 0 amide bonds. The number of aromatic carboxylic acids is 1. The van der Waals surface area contributed by atoms with Gasteiger partial charge in [0.1, 0.15) is 17.3 Å². The molecule has 7 heteroatoms. The molecule has 1 heterocycles. The minimum atomic E-state index is -1.29. The topological polar surface area (TPSA) is 64.3 Å². The third kappa shape index (κ3) is 2.02. The van der Waals surface area contributed by atoms with Crippen LogP contribution in [-0.4, -0.2) is 28.0 Å². The smallest absolute Gasteiger partial charge is 0.356 e. The number of rotatable bonds is 3. The van der Waals surface area contributed by atoms with E-state index in [1.165, 1.54) is 7.11 Å². The molecule has 1 aromatic carbocycles. The normalized spacial score (nSPS) is 10.4. The summed E-state index contributed by atoms with van der Waals surface area (Å²) in [6.45, 7) is 0. The monoisotopic (exact) mass is 254 g/mol. The van der Waals surface area contributed by atoms with Crippen LogP contribution in [0.4, 0.5) is 8.78 Å². The van der Waals surface area contributed by atoms with Gasteiger partial charge in [0.25, 0.3) is 0 Å². The number of hydrogen-bond acceptors (Lipinski definition) is 3. The van der Waals surface area contributed by atoms with Crippen LogP contribution in [0, 0.1) is 11.6 Å². The quantitative estimate of drug-likeness (QED) is 0.907. The Labute approximate surface area is 100 Å². The van der Waals surface area contributed by atoms with E-state index in [1.54, 1.807) is 0 Å². The Morgan fingerprint density at radius 3 is 2.72 bits per heavy atom. The minimum Gasteiger partial charge on any atom is -0.481 e. The number of nitrogens with zero attached hydrogens (tertiary/aromatic N) is 2.